The van der Waals surface area contributed by atoms with Gasteiger partial charge in [0.2, 0.25) is 0 Å². The minimum absolute atomic E-state index is 0.128. The second kappa shape index (κ2) is 5.75. The lowest BCUT2D eigenvalue weighted by molar-refractivity contribution is -0.146. The first-order valence-corrected chi connectivity index (χ1v) is 9.37. The monoisotopic (exact) mass is 381 g/mol. The highest BCUT2D eigenvalue weighted by Gasteiger charge is 2.45. The van der Waals surface area contributed by atoms with Gasteiger partial charge in [-0.2, -0.15) is 4.72 Å². The van der Waals surface area contributed by atoms with Crippen molar-refractivity contribution in [2.75, 3.05) is 0 Å². The van der Waals surface area contributed by atoms with Crippen LogP contribution in [0.3, 0.4) is 0 Å². The van der Waals surface area contributed by atoms with Crippen LogP contribution < -0.4 is 4.72 Å². The summed E-state index contributed by atoms with van der Waals surface area (Å²) in [4.78, 5) is 11.6. The van der Waals surface area contributed by atoms with Crippen LogP contribution in [-0.4, -0.2) is 25.0 Å². The molecule has 112 valence electrons. The van der Waals surface area contributed by atoms with Crippen molar-refractivity contribution in [3.05, 3.63) is 15.9 Å². The highest BCUT2D eigenvalue weighted by Crippen LogP contribution is 2.35. The first-order valence-electron chi connectivity index (χ1n) is 6.28. The van der Waals surface area contributed by atoms with E-state index in [9.17, 15) is 18.3 Å². The Morgan fingerprint density at radius 3 is 2.75 bits per heavy atom. The summed E-state index contributed by atoms with van der Waals surface area (Å²) in [5.74, 6) is -0.902. The van der Waals surface area contributed by atoms with Crippen LogP contribution >= 0.6 is 27.3 Å². The fourth-order valence-electron chi connectivity index (χ4n) is 2.63. The molecule has 1 fully saturated rings. The third kappa shape index (κ3) is 3.24. The molecule has 2 N–H and O–H groups in total. The number of hydrogen-bond acceptors (Lipinski definition) is 4. The molecule has 0 aromatic carbocycles. The highest BCUT2D eigenvalue weighted by molar-refractivity contribution is 9.11. The van der Waals surface area contributed by atoms with Crippen molar-refractivity contribution in [2.24, 2.45) is 5.92 Å². The molecule has 20 heavy (non-hydrogen) atoms. The first kappa shape index (κ1) is 15.9. The van der Waals surface area contributed by atoms with Crippen LogP contribution in [0.1, 0.15) is 32.6 Å². The second-order valence-electron chi connectivity index (χ2n) is 5.25. The summed E-state index contributed by atoms with van der Waals surface area (Å²) in [6.07, 6.45) is 2.30. The van der Waals surface area contributed by atoms with Crippen LogP contribution in [0.4, 0.5) is 0 Å². The minimum Gasteiger partial charge on any atom is -0.480 e. The third-order valence-electron chi connectivity index (χ3n) is 3.55. The topological polar surface area (TPSA) is 83.5 Å². The second-order valence-corrected chi connectivity index (χ2v) is 9.63. The van der Waals surface area contributed by atoms with Gasteiger partial charge < -0.3 is 5.11 Å². The van der Waals surface area contributed by atoms with Crippen molar-refractivity contribution in [1.82, 2.24) is 4.72 Å². The largest absolute Gasteiger partial charge is 0.480 e. The van der Waals surface area contributed by atoms with E-state index >= 15 is 0 Å². The lowest BCUT2D eigenvalue weighted by Crippen LogP contribution is -2.56. The van der Waals surface area contributed by atoms with Crippen molar-refractivity contribution in [2.45, 2.75) is 42.4 Å². The van der Waals surface area contributed by atoms with E-state index in [1.54, 1.807) is 6.07 Å². The molecule has 0 saturated heterocycles. The number of carbonyl (C=O) groups is 1. The summed E-state index contributed by atoms with van der Waals surface area (Å²) < 4.78 is 27.9. The normalized spacial score (nSPS) is 27.4. The van der Waals surface area contributed by atoms with Gasteiger partial charge in [0, 0.05) is 0 Å². The van der Waals surface area contributed by atoms with E-state index in [4.69, 9.17) is 0 Å². The molecule has 1 saturated carbocycles. The van der Waals surface area contributed by atoms with Gasteiger partial charge in [-0.15, -0.1) is 11.3 Å². The molecule has 2 rings (SSSR count). The molecule has 5 nitrogen and oxygen atoms in total. The number of rotatable bonds is 4. The molecule has 0 bridgehead atoms. The zero-order chi connectivity index (χ0) is 15.0. The lowest BCUT2D eigenvalue weighted by atomic mass is 9.77. The van der Waals surface area contributed by atoms with Gasteiger partial charge in [-0.3, -0.25) is 4.79 Å². The van der Waals surface area contributed by atoms with Crippen molar-refractivity contribution in [3.63, 3.8) is 0 Å². The molecular formula is C12H16BrNO4S2. The van der Waals surface area contributed by atoms with Gasteiger partial charge in [0.05, 0.1) is 3.79 Å². The van der Waals surface area contributed by atoms with Crippen molar-refractivity contribution < 1.29 is 18.3 Å². The van der Waals surface area contributed by atoms with Gasteiger partial charge in [-0.25, -0.2) is 8.42 Å². The molecule has 2 unspecified atom stereocenters. The molecule has 8 heteroatoms. The summed E-state index contributed by atoms with van der Waals surface area (Å²) in [6, 6.07) is 3.11. The van der Waals surface area contributed by atoms with Crippen LogP contribution in [0.2, 0.25) is 0 Å². The zero-order valence-corrected chi connectivity index (χ0v) is 14.1. The summed E-state index contributed by atoms with van der Waals surface area (Å²) in [5.41, 5.74) is -1.38. The summed E-state index contributed by atoms with van der Waals surface area (Å²) in [5, 5.41) is 9.49. The molecule has 0 spiro atoms. The molecule has 2 atom stereocenters. The van der Waals surface area contributed by atoms with Crippen LogP contribution in [0.25, 0.3) is 0 Å². The van der Waals surface area contributed by atoms with E-state index < -0.39 is 21.5 Å². The molecule has 0 radical (unpaired) electrons. The van der Waals surface area contributed by atoms with Gasteiger partial charge in [-0.05, 0) is 46.8 Å². The Morgan fingerprint density at radius 1 is 1.55 bits per heavy atom. The molecule has 0 amide bonds. The van der Waals surface area contributed by atoms with E-state index in [-0.39, 0.29) is 10.1 Å². The Balaban J connectivity index is 2.31. The van der Waals surface area contributed by atoms with Crippen molar-refractivity contribution in [3.8, 4) is 0 Å². The fraction of sp³-hybridized carbons (Fsp3) is 0.583. The molecule has 1 aliphatic rings. The predicted octanol–water partition coefficient (Wildman–Crippen LogP) is 2.82. The summed E-state index contributed by atoms with van der Waals surface area (Å²) in [6.45, 7) is 1.95. The summed E-state index contributed by atoms with van der Waals surface area (Å²) in [7, 11) is -3.81. The van der Waals surface area contributed by atoms with Gasteiger partial charge >= 0.3 is 5.97 Å². The quantitative estimate of drug-likeness (QED) is 0.839. The number of aliphatic carboxylic acids is 1. The number of hydrogen-bond donors (Lipinski definition) is 2. The Hall–Kier alpha value is -0.440. The van der Waals surface area contributed by atoms with E-state index in [0.717, 1.165) is 17.8 Å². The Bertz CT molecular complexity index is 613. The SMILES string of the molecule is CC1CCCC(NS(=O)(=O)c2ccc(Br)s2)(C(=O)O)C1. The number of sulfonamides is 1. The van der Waals surface area contributed by atoms with Crippen molar-refractivity contribution >= 4 is 43.3 Å². The summed E-state index contributed by atoms with van der Waals surface area (Å²) >= 11 is 4.28. The molecule has 1 aliphatic carbocycles. The Morgan fingerprint density at radius 2 is 2.25 bits per heavy atom. The third-order valence-corrected chi connectivity index (χ3v) is 7.20. The molecule has 1 aromatic rings. The van der Waals surface area contributed by atoms with Crippen LogP contribution in [0.5, 0.6) is 0 Å². The van der Waals surface area contributed by atoms with Gasteiger partial charge in [0.15, 0.2) is 0 Å². The number of thiophene rings is 1. The van der Waals surface area contributed by atoms with Gasteiger partial charge in [0.25, 0.3) is 10.0 Å². The van der Waals surface area contributed by atoms with E-state index in [2.05, 4.69) is 20.7 Å². The Labute approximate surface area is 130 Å². The Kier molecular flexibility index (Phi) is 4.58. The van der Waals surface area contributed by atoms with Gasteiger partial charge in [-0.1, -0.05) is 19.8 Å². The smallest absolute Gasteiger partial charge is 0.324 e. The lowest BCUT2D eigenvalue weighted by Gasteiger charge is -2.36. The molecule has 1 aromatic heterocycles. The molecular weight excluding hydrogens is 366 g/mol. The number of carboxylic acid groups (broad SMARTS) is 1. The van der Waals surface area contributed by atoms with Crippen LogP contribution in [0, 0.1) is 5.92 Å². The van der Waals surface area contributed by atoms with Crippen LogP contribution in [0.15, 0.2) is 20.1 Å². The fourth-order valence-corrected chi connectivity index (χ4v) is 6.04. The molecule has 1 heterocycles. The number of carboxylic acids is 1. The maximum absolute atomic E-state index is 12.3. The average molecular weight is 382 g/mol. The highest BCUT2D eigenvalue weighted by atomic mass is 79.9. The van der Waals surface area contributed by atoms with E-state index in [1.807, 2.05) is 6.92 Å². The van der Waals surface area contributed by atoms with E-state index in [1.165, 1.54) is 6.07 Å². The van der Waals surface area contributed by atoms with E-state index in [0.29, 0.717) is 23.0 Å². The molecule has 0 aliphatic heterocycles. The zero-order valence-electron chi connectivity index (χ0n) is 10.9. The van der Waals surface area contributed by atoms with Crippen molar-refractivity contribution in [1.29, 1.82) is 0 Å². The number of halogens is 1. The van der Waals surface area contributed by atoms with Gasteiger partial charge in [0.1, 0.15) is 9.75 Å². The maximum Gasteiger partial charge on any atom is 0.324 e. The maximum atomic E-state index is 12.3. The standard InChI is InChI=1S/C12H16BrNO4S2/c1-8-3-2-6-12(7-8,11(15)16)14-20(17,18)10-5-4-9(13)19-10/h4-5,8,14H,2-3,6-7H2,1H3,(H,15,16). The average Bonchev–Trinajstić information content (AvgIpc) is 2.76. The number of nitrogens with one attached hydrogen (secondary N) is 1. The first-order chi connectivity index (χ1) is 9.25. The predicted molar refractivity (Wildman–Crippen MR) is 80.3 cm³/mol. The minimum atomic E-state index is -3.81. The van der Waals surface area contributed by atoms with Crippen LogP contribution in [-0.2, 0) is 14.8 Å².